The van der Waals surface area contributed by atoms with Crippen LogP contribution in [0.4, 0.5) is 5.69 Å². The van der Waals surface area contributed by atoms with Crippen LogP contribution >= 0.6 is 0 Å². The van der Waals surface area contributed by atoms with Crippen LogP contribution in [0.15, 0.2) is 66.7 Å². The second-order valence-corrected chi connectivity index (χ2v) is 20.9. The van der Waals surface area contributed by atoms with Crippen molar-refractivity contribution in [2.24, 2.45) is 29.6 Å². The molecule has 0 aromatic heterocycles. The molecule has 0 radical (unpaired) electrons. The van der Waals surface area contributed by atoms with Crippen LogP contribution in [0.1, 0.15) is 90.1 Å². The molecule has 2 aromatic carbocycles. The number of ether oxygens (including phenoxy) is 1. The Hall–Kier alpha value is -5.50. The van der Waals surface area contributed by atoms with Crippen LogP contribution in [0.2, 0.25) is 0 Å². The molecule has 2 heterocycles. The number of nitrogens with one attached hydrogen (secondary N) is 2. The van der Waals surface area contributed by atoms with Crippen LogP contribution in [-0.2, 0) is 49.5 Å². The molecule has 0 aliphatic carbocycles. The molecule has 372 valence electrons. The van der Waals surface area contributed by atoms with Crippen molar-refractivity contribution in [3.8, 4) is 0 Å². The van der Waals surface area contributed by atoms with Gasteiger partial charge >= 0.3 is 344 Å². The Morgan fingerprint density at radius 1 is 0.882 bits per heavy atom. The number of likely N-dealkylation sites (N-methyl/N-ethyl adjacent to an activating group) is 2. The van der Waals surface area contributed by atoms with Gasteiger partial charge < -0.3 is 10.4 Å². The van der Waals surface area contributed by atoms with Crippen molar-refractivity contribution >= 4 is 59.3 Å². The second-order valence-electron chi connectivity index (χ2n) is 18.4. The third-order valence-corrected chi connectivity index (χ3v) is 16.6. The van der Waals surface area contributed by atoms with Crippen molar-refractivity contribution in [1.82, 2.24) is 23.5 Å². The molecule has 68 heavy (non-hydrogen) atoms. The van der Waals surface area contributed by atoms with Crippen molar-refractivity contribution < 1.29 is 74.5 Å². The molecule has 0 saturated carbocycles. The van der Waals surface area contributed by atoms with Crippen molar-refractivity contribution in [1.29, 1.82) is 0 Å². The zero-order chi connectivity index (χ0) is 50.6. The van der Waals surface area contributed by atoms with Crippen LogP contribution in [0.5, 0.6) is 0 Å². The Labute approximate surface area is 410 Å². The summed E-state index contributed by atoms with van der Waals surface area (Å²) < 4.78 is 8.47. The normalized spacial score (nSPS) is 18.4. The quantitative estimate of drug-likeness (QED) is 0.0441. The van der Waals surface area contributed by atoms with Gasteiger partial charge in [-0.25, -0.2) is 4.79 Å². The zero-order valence-electron chi connectivity index (χ0n) is 40.7. The van der Waals surface area contributed by atoms with Gasteiger partial charge in [0.15, 0.2) is 0 Å². The summed E-state index contributed by atoms with van der Waals surface area (Å²) in [5.41, 5.74) is 1.29. The standard InChI is InChI=1S/C50H68IN6O11/c1-11-31(6)45(39(68-10)27-42(61)56-25-15-18-38(56)36(28-58)32(7)46(62)52-37(50(66)67)26-33-16-13-12-14-17-33)55(9)49(65)43(29(2)3)51-53-47(63)44(30(4)5)54(8)48(64)34-19-21-35(22-20-34)57-40(59)23-24-41(57)60/h12-14,16-17,19-24,28-32,36-39,43-45H,11,15,18,25-27H2,1-10H3,(H,52,62)(H,53,63)(H,66,67)/q-1/t31-,32+,36+,37-,38-,39+,43-,44-,45-/m0/s1. The van der Waals surface area contributed by atoms with Crippen LogP contribution in [0, 0.1) is 29.6 Å². The minimum atomic E-state index is -1.34. The average molecular weight is 1060 g/mol. The van der Waals surface area contributed by atoms with E-state index in [0.717, 1.165) is 10.5 Å². The fourth-order valence-corrected chi connectivity index (χ4v) is 11.5. The number of imide groups is 1. The van der Waals surface area contributed by atoms with E-state index in [-0.39, 0.29) is 48.0 Å². The fourth-order valence-electron chi connectivity index (χ4n) is 9.08. The molecular formula is C50H68IN6O11-. The minimum absolute atomic E-state index is 0.0564. The van der Waals surface area contributed by atoms with Gasteiger partial charge in [-0.15, -0.1) is 0 Å². The molecule has 1 fully saturated rings. The van der Waals surface area contributed by atoms with Gasteiger partial charge in [0.05, 0.1) is 0 Å². The Bertz CT molecular complexity index is 2150. The molecule has 4 rings (SSSR count). The summed E-state index contributed by atoms with van der Waals surface area (Å²) in [6, 6.07) is 11.6. The number of carboxylic acid groups (broad SMARTS) is 1. The van der Waals surface area contributed by atoms with Crippen LogP contribution in [0.3, 0.4) is 0 Å². The summed E-state index contributed by atoms with van der Waals surface area (Å²) in [4.78, 5) is 125. The Kier molecular flexibility index (Phi) is 20.4. The van der Waals surface area contributed by atoms with E-state index in [0.29, 0.717) is 37.8 Å². The molecule has 2 aliphatic rings. The molecular weight excluding hydrogens is 987 g/mol. The molecule has 18 heteroatoms. The molecule has 7 amide bonds. The molecule has 0 spiro atoms. The first kappa shape index (κ1) is 55.1. The molecule has 3 N–H and O–H groups in total. The van der Waals surface area contributed by atoms with Gasteiger partial charge in [0, 0.05) is 6.42 Å². The van der Waals surface area contributed by atoms with Gasteiger partial charge in [-0.05, 0) is 5.56 Å². The number of carbonyl (C=O) groups is 9. The van der Waals surface area contributed by atoms with Gasteiger partial charge in [0.1, 0.15) is 6.04 Å². The number of aliphatic carboxylic acids is 1. The number of rotatable bonds is 24. The van der Waals surface area contributed by atoms with Crippen LogP contribution in [-0.4, -0.2) is 135 Å². The maximum absolute atomic E-state index is 14.6. The van der Waals surface area contributed by atoms with Crippen molar-refractivity contribution in [3.63, 3.8) is 0 Å². The fraction of sp³-hybridized carbons (Fsp3) is 0.540. The maximum atomic E-state index is 14.6. The Morgan fingerprint density at radius 2 is 1.50 bits per heavy atom. The van der Waals surface area contributed by atoms with E-state index in [4.69, 9.17) is 4.74 Å². The zero-order valence-corrected chi connectivity index (χ0v) is 42.9. The monoisotopic (exact) mass is 1060 g/mol. The molecule has 1 saturated heterocycles. The third-order valence-electron chi connectivity index (χ3n) is 13.1. The summed E-state index contributed by atoms with van der Waals surface area (Å²) in [6.45, 7) is 13.3. The summed E-state index contributed by atoms with van der Waals surface area (Å²) in [5.74, 6) is -6.64. The molecule has 2 aromatic rings. The van der Waals surface area contributed by atoms with E-state index in [9.17, 15) is 48.3 Å². The number of amides is 7. The first-order chi connectivity index (χ1) is 32.2. The van der Waals surface area contributed by atoms with E-state index in [1.54, 1.807) is 54.1 Å². The van der Waals surface area contributed by atoms with Gasteiger partial charge in [-0.3, -0.25) is 4.79 Å². The summed E-state index contributed by atoms with van der Waals surface area (Å²) in [7, 11) is 4.70. The van der Waals surface area contributed by atoms with Crippen molar-refractivity contribution in [2.75, 3.05) is 32.6 Å². The number of hydrogen-bond donors (Lipinski definition) is 3. The van der Waals surface area contributed by atoms with E-state index in [1.807, 2.05) is 41.5 Å². The van der Waals surface area contributed by atoms with Crippen molar-refractivity contribution in [2.45, 2.75) is 115 Å². The Morgan fingerprint density at radius 3 is 2.03 bits per heavy atom. The van der Waals surface area contributed by atoms with Crippen molar-refractivity contribution in [3.05, 3.63) is 77.9 Å². The van der Waals surface area contributed by atoms with Crippen LogP contribution in [0.25, 0.3) is 0 Å². The summed E-state index contributed by atoms with van der Waals surface area (Å²) in [5, 5.41) is 12.5. The number of methoxy groups -OCH3 is 1. The first-order valence-corrected chi connectivity index (χ1v) is 25.5. The SMILES string of the molecule is CC[C@H](C)[C@@H]([C@@H](CC(=O)N1CCC[C@H]1[C@H](C=O)[C@@H](C)C(=O)N[C@@H](Cc1ccccc1)C(=O)O)OC)N(C)C(=O)[C@@H]([I-]NC(=O)[C@H](C(C)C)N(C)C(=O)c1ccc(N2C(=O)C=CC2=O)cc1)C(C)C. The number of anilines is 1. The number of carbonyl (C=O) groups excluding carboxylic acids is 8. The number of alkyl halides is 1. The van der Waals surface area contributed by atoms with E-state index in [1.165, 1.54) is 55.5 Å². The first-order valence-electron chi connectivity index (χ1n) is 23.2. The molecule has 9 atom stereocenters. The molecule has 17 nitrogen and oxygen atoms in total. The number of halogens is 1. The number of benzene rings is 2. The van der Waals surface area contributed by atoms with E-state index < -0.39 is 103 Å². The van der Waals surface area contributed by atoms with Gasteiger partial charge in [-0.1, -0.05) is 30.3 Å². The average Bonchev–Trinajstić information content (AvgIpc) is 3.93. The van der Waals surface area contributed by atoms with Gasteiger partial charge in [0.25, 0.3) is 0 Å². The summed E-state index contributed by atoms with van der Waals surface area (Å²) >= 11 is -1.34. The summed E-state index contributed by atoms with van der Waals surface area (Å²) in [6.07, 6.45) is 3.90. The number of carboxylic acids is 1. The number of aldehydes is 1. The predicted molar refractivity (Wildman–Crippen MR) is 250 cm³/mol. The van der Waals surface area contributed by atoms with E-state index >= 15 is 0 Å². The van der Waals surface area contributed by atoms with Crippen LogP contribution < -0.4 is 35.2 Å². The third kappa shape index (κ3) is 13.4. The van der Waals surface area contributed by atoms with Gasteiger partial charge in [0.2, 0.25) is 0 Å². The molecule has 2 aliphatic heterocycles. The number of hydrogen-bond acceptors (Lipinski definition) is 10. The Balaban J connectivity index is 1.45. The number of nitrogens with zero attached hydrogens (tertiary/aromatic N) is 4. The second kappa shape index (κ2) is 25.2. The topological polar surface area (TPSA) is 220 Å². The van der Waals surface area contributed by atoms with E-state index in [2.05, 4.69) is 8.85 Å². The predicted octanol–water partition coefficient (Wildman–Crippen LogP) is 0.890. The molecule has 0 bridgehead atoms. The number of likely N-dealkylation sites (tertiary alicyclic amines) is 1. The van der Waals surface area contributed by atoms with Gasteiger partial charge in [-0.2, -0.15) is 0 Å². The molecule has 0 unspecified atom stereocenters.